The fourth-order valence-electron chi connectivity index (χ4n) is 1.76. The van der Waals surface area contributed by atoms with Crippen molar-refractivity contribution in [2.24, 2.45) is 17.6 Å². The lowest BCUT2D eigenvalue weighted by Gasteiger charge is -2.17. The van der Waals surface area contributed by atoms with E-state index >= 15 is 0 Å². The van der Waals surface area contributed by atoms with Gasteiger partial charge in [-0.25, -0.2) is 0 Å². The number of carbonyl (C=O) groups excluding carboxylic acids is 1. The third-order valence-corrected chi connectivity index (χ3v) is 2.59. The van der Waals surface area contributed by atoms with Gasteiger partial charge in [0.2, 0.25) is 5.91 Å². The lowest BCUT2D eigenvalue weighted by molar-refractivity contribution is -0.143. The van der Waals surface area contributed by atoms with Gasteiger partial charge in [-0.2, -0.15) is 0 Å². The van der Waals surface area contributed by atoms with E-state index in [0.717, 1.165) is 12.8 Å². The van der Waals surface area contributed by atoms with Gasteiger partial charge in [0.05, 0.1) is 5.92 Å². The maximum Gasteiger partial charge on any atom is 0.306 e. The third-order valence-electron chi connectivity index (χ3n) is 2.59. The maximum absolute atomic E-state index is 11.1. The van der Waals surface area contributed by atoms with Crippen LogP contribution in [0.4, 0.5) is 0 Å². The minimum Gasteiger partial charge on any atom is -0.481 e. The molecule has 0 spiro atoms. The molecule has 0 heterocycles. The molecule has 0 saturated carbocycles. The summed E-state index contributed by atoms with van der Waals surface area (Å²) in [7, 11) is 0. The quantitative estimate of drug-likeness (QED) is 0.647. The Balaban J connectivity index is 4.32. The minimum absolute atomic E-state index is 0.289. The molecule has 0 aliphatic rings. The molecule has 4 nitrogen and oxygen atoms in total. The van der Waals surface area contributed by atoms with Crippen molar-refractivity contribution in [1.82, 2.24) is 0 Å². The van der Waals surface area contributed by atoms with Crippen LogP contribution in [0.1, 0.15) is 46.0 Å². The molecule has 2 unspecified atom stereocenters. The Morgan fingerprint density at radius 2 is 1.60 bits per heavy atom. The summed E-state index contributed by atoms with van der Waals surface area (Å²) in [5.74, 6) is -1.92. The van der Waals surface area contributed by atoms with E-state index in [2.05, 4.69) is 0 Å². The molecule has 88 valence electrons. The zero-order valence-corrected chi connectivity index (χ0v) is 9.53. The molecule has 0 fully saturated rings. The fraction of sp³-hybridized carbons (Fsp3) is 0.818. The molecular formula is C11H21NO3. The molecule has 15 heavy (non-hydrogen) atoms. The normalized spacial score (nSPS) is 14.5. The van der Waals surface area contributed by atoms with Crippen molar-refractivity contribution in [2.45, 2.75) is 46.0 Å². The van der Waals surface area contributed by atoms with Crippen molar-refractivity contribution in [1.29, 1.82) is 0 Å². The molecule has 0 saturated heterocycles. The van der Waals surface area contributed by atoms with Crippen molar-refractivity contribution < 1.29 is 14.7 Å². The average molecular weight is 215 g/mol. The van der Waals surface area contributed by atoms with E-state index in [9.17, 15) is 9.59 Å². The Morgan fingerprint density at radius 3 is 1.93 bits per heavy atom. The Kier molecular flexibility index (Phi) is 6.75. The van der Waals surface area contributed by atoms with Crippen LogP contribution >= 0.6 is 0 Å². The number of hydrogen-bond donors (Lipinski definition) is 2. The Hall–Kier alpha value is -1.06. The molecule has 0 aliphatic carbocycles. The van der Waals surface area contributed by atoms with Crippen LogP contribution in [0, 0.1) is 11.8 Å². The van der Waals surface area contributed by atoms with Gasteiger partial charge in [0.15, 0.2) is 0 Å². The van der Waals surface area contributed by atoms with E-state index in [4.69, 9.17) is 10.8 Å². The summed E-state index contributed by atoms with van der Waals surface area (Å²) in [6.45, 7) is 3.90. The van der Waals surface area contributed by atoms with Crippen LogP contribution in [0.15, 0.2) is 0 Å². The van der Waals surface area contributed by atoms with E-state index in [1.54, 1.807) is 0 Å². The zero-order chi connectivity index (χ0) is 11.8. The van der Waals surface area contributed by atoms with Crippen molar-refractivity contribution in [3.8, 4) is 0 Å². The van der Waals surface area contributed by atoms with Gasteiger partial charge in [0.25, 0.3) is 0 Å². The molecule has 1 amide bonds. The summed E-state index contributed by atoms with van der Waals surface area (Å²) in [6.07, 6.45) is 3.35. The number of carbonyl (C=O) groups is 2. The third kappa shape index (κ3) is 5.40. The highest BCUT2D eigenvalue weighted by molar-refractivity contribution is 5.78. The SMILES string of the molecule is CCCC(CC(CCC)C(=O)O)C(N)=O. The average Bonchev–Trinajstić information content (AvgIpc) is 2.15. The first-order valence-electron chi connectivity index (χ1n) is 5.55. The first kappa shape index (κ1) is 13.9. The number of rotatable bonds is 8. The molecule has 0 aromatic rings. The number of hydrogen-bond acceptors (Lipinski definition) is 2. The summed E-state index contributed by atoms with van der Waals surface area (Å²) in [4.78, 5) is 22.0. The molecule has 0 aliphatic heterocycles. The van der Waals surface area contributed by atoms with Gasteiger partial charge >= 0.3 is 5.97 Å². The van der Waals surface area contributed by atoms with Crippen molar-refractivity contribution in [3.05, 3.63) is 0 Å². The van der Waals surface area contributed by atoms with Gasteiger partial charge in [0, 0.05) is 5.92 Å². The maximum atomic E-state index is 11.1. The smallest absolute Gasteiger partial charge is 0.306 e. The van der Waals surface area contributed by atoms with Crippen LogP contribution < -0.4 is 5.73 Å². The molecule has 2 atom stereocenters. The van der Waals surface area contributed by atoms with E-state index in [1.165, 1.54) is 0 Å². The van der Waals surface area contributed by atoms with Gasteiger partial charge in [0.1, 0.15) is 0 Å². The molecule has 0 aromatic heterocycles. The number of carboxylic acid groups (broad SMARTS) is 1. The minimum atomic E-state index is -0.820. The second kappa shape index (κ2) is 7.26. The molecular weight excluding hydrogens is 194 g/mol. The van der Waals surface area contributed by atoms with E-state index in [1.807, 2.05) is 13.8 Å². The van der Waals surface area contributed by atoms with Crippen LogP contribution in [-0.4, -0.2) is 17.0 Å². The van der Waals surface area contributed by atoms with Crippen molar-refractivity contribution in [2.75, 3.05) is 0 Å². The summed E-state index contributed by atoms with van der Waals surface area (Å²) in [6, 6.07) is 0. The monoisotopic (exact) mass is 215 g/mol. The molecule has 4 heteroatoms. The number of aliphatic carboxylic acids is 1. The van der Waals surface area contributed by atoms with E-state index in [-0.39, 0.29) is 11.8 Å². The first-order valence-corrected chi connectivity index (χ1v) is 5.55. The molecule has 3 N–H and O–H groups in total. The van der Waals surface area contributed by atoms with Gasteiger partial charge in [-0.15, -0.1) is 0 Å². The van der Waals surface area contributed by atoms with Gasteiger partial charge < -0.3 is 10.8 Å². The van der Waals surface area contributed by atoms with Crippen LogP contribution in [-0.2, 0) is 9.59 Å². The summed E-state index contributed by atoms with van der Waals surface area (Å²) in [5.41, 5.74) is 5.24. The van der Waals surface area contributed by atoms with Crippen LogP contribution in [0.5, 0.6) is 0 Å². The fourth-order valence-corrected chi connectivity index (χ4v) is 1.76. The Bertz CT molecular complexity index is 194. The van der Waals surface area contributed by atoms with Gasteiger partial charge in [-0.1, -0.05) is 26.7 Å². The second-order valence-electron chi connectivity index (χ2n) is 3.95. The molecule has 0 radical (unpaired) electrons. The van der Waals surface area contributed by atoms with Crippen LogP contribution in [0.25, 0.3) is 0 Å². The number of nitrogens with two attached hydrogens (primary N) is 1. The summed E-state index contributed by atoms with van der Waals surface area (Å²) in [5, 5.41) is 8.95. The van der Waals surface area contributed by atoms with Gasteiger partial charge in [-0.3, -0.25) is 9.59 Å². The van der Waals surface area contributed by atoms with Gasteiger partial charge in [-0.05, 0) is 19.3 Å². The highest BCUT2D eigenvalue weighted by Gasteiger charge is 2.24. The summed E-state index contributed by atoms with van der Waals surface area (Å²) < 4.78 is 0. The highest BCUT2D eigenvalue weighted by atomic mass is 16.4. The van der Waals surface area contributed by atoms with E-state index in [0.29, 0.717) is 19.3 Å². The number of carboxylic acids is 1. The topological polar surface area (TPSA) is 80.4 Å². The molecule has 0 bridgehead atoms. The number of primary amides is 1. The van der Waals surface area contributed by atoms with Crippen LogP contribution in [0.3, 0.4) is 0 Å². The van der Waals surface area contributed by atoms with E-state index < -0.39 is 11.9 Å². The predicted molar refractivity (Wildman–Crippen MR) is 58.2 cm³/mol. The lowest BCUT2D eigenvalue weighted by Crippen LogP contribution is -2.28. The largest absolute Gasteiger partial charge is 0.481 e. The predicted octanol–water partition coefficient (Wildman–Crippen LogP) is 1.78. The molecule has 0 rings (SSSR count). The summed E-state index contributed by atoms with van der Waals surface area (Å²) >= 11 is 0. The van der Waals surface area contributed by atoms with Crippen molar-refractivity contribution >= 4 is 11.9 Å². The Labute approximate surface area is 90.8 Å². The first-order chi connectivity index (χ1) is 7.02. The Morgan fingerprint density at radius 1 is 1.13 bits per heavy atom. The highest BCUT2D eigenvalue weighted by Crippen LogP contribution is 2.21. The number of amides is 1. The standard InChI is InChI=1S/C11H21NO3/c1-3-5-8(10(12)13)7-9(6-4-2)11(14)15/h8-9H,3-7H2,1-2H3,(H2,12,13)(H,14,15). The zero-order valence-electron chi connectivity index (χ0n) is 9.53. The lowest BCUT2D eigenvalue weighted by atomic mass is 9.88. The van der Waals surface area contributed by atoms with Crippen molar-refractivity contribution in [3.63, 3.8) is 0 Å². The second-order valence-corrected chi connectivity index (χ2v) is 3.95. The van der Waals surface area contributed by atoms with Crippen LogP contribution in [0.2, 0.25) is 0 Å². The molecule has 0 aromatic carbocycles.